The van der Waals surface area contributed by atoms with Crippen molar-refractivity contribution in [2.45, 2.75) is 142 Å². The van der Waals surface area contributed by atoms with Crippen LogP contribution in [0.3, 0.4) is 0 Å². The van der Waals surface area contributed by atoms with Gasteiger partial charge in [0.2, 0.25) is 0 Å². The smallest absolute Gasteiger partial charge is 0.0366 e. The number of anilines is 1. The molecule has 0 aliphatic carbocycles. The number of hydrogen-bond donors (Lipinski definition) is 0. The topological polar surface area (TPSA) is 3.24 Å². The van der Waals surface area contributed by atoms with Gasteiger partial charge in [-0.1, -0.05) is 148 Å². The lowest BCUT2D eigenvalue weighted by atomic mass is 10.1. The summed E-state index contributed by atoms with van der Waals surface area (Å²) < 4.78 is 0. The van der Waals surface area contributed by atoms with Crippen molar-refractivity contribution in [3.05, 3.63) is 30.3 Å². The van der Waals surface area contributed by atoms with Crippen molar-refractivity contribution in [2.24, 2.45) is 0 Å². The van der Waals surface area contributed by atoms with E-state index in [4.69, 9.17) is 0 Å². The quantitative estimate of drug-likeness (QED) is 0.145. The Kier molecular flexibility index (Phi) is 24.4. The van der Waals surface area contributed by atoms with Crippen molar-refractivity contribution in [3.8, 4) is 0 Å². The van der Waals surface area contributed by atoms with Gasteiger partial charge in [-0.2, -0.15) is 0 Å². The number of para-hydroxylation sites is 1. The molecule has 0 saturated carbocycles. The average molecular weight is 466 g/mol. The molecule has 0 amide bonds. The third-order valence-corrected chi connectivity index (χ3v) is 6.68. The van der Waals surface area contributed by atoms with Gasteiger partial charge >= 0.3 is 0 Å². The lowest BCUT2D eigenvalue weighted by Gasteiger charge is -2.25. The predicted octanol–water partition coefficient (Wildman–Crippen LogP) is 10.8. The lowest BCUT2D eigenvalue weighted by molar-refractivity contribution is 0.543. The predicted molar refractivity (Wildman–Crippen MR) is 150 cm³/mol. The molecule has 1 aromatic carbocycles. The molecule has 188 valence electrons. The molecule has 1 aromatic rings. The van der Waals surface area contributed by atoms with E-state index < -0.39 is 0 Å². The van der Waals surface area contributed by atoms with Gasteiger partial charge in [-0.05, 0) is 25.0 Å². The molecular formula is C30H56ClN. The molecule has 0 fully saturated rings. The van der Waals surface area contributed by atoms with Gasteiger partial charge in [0.05, 0.1) is 0 Å². The fourth-order valence-electron chi connectivity index (χ4n) is 4.59. The van der Waals surface area contributed by atoms with Gasteiger partial charge in [-0.3, -0.25) is 0 Å². The molecule has 0 bridgehead atoms. The second-order valence-electron chi connectivity index (χ2n) is 9.69. The van der Waals surface area contributed by atoms with Crippen molar-refractivity contribution in [1.29, 1.82) is 0 Å². The average Bonchev–Trinajstić information content (AvgIpc) is 2.80. The molecule has 2 heteroatoms. The van der Waals surface area contributed by atoms with Crippen LogP contribution in [0.15, 0.2) is 30.3 Å². The van der Waals surface area contributed by atoms with Crippen LogP contribution in [0.5, 0.6) is 0 Å². The summed E-state index contributed by atoms with van der Waals surface area (Å²) in [6, 6.07) is 11.1. The maximum atomic E-state index is 2.65. The monoisotopic (exact) mass is 465 g/mol. The number of unbranched alkanes of at least 4 members (excludes halogenated alkanes) is 18. The number of nitrogens with zero attached hydrogens (tertiary/aromatic N) is 1. The van der Waals surface area contributed by atoms with E-state index >= 15 is 0 Å². The zero-order valence-corrected chi connectivity index (χ0v) is 22.6. The molecule has 32 heavy (non-hydrogen) atoms. The van der Waals surface area contributed by atoms with Gasteiger partial charge in [0.15, 0.2) is 0 Å². The number of hydrogen-bond acceptors (Lipinski definition) is 1. The van der Waals surface area contributed by atoms with Gasteiger partial charge in [0.25, 0.3) is 0 Å². The largest absolute Gasteiger partial charge is 0.372 e. The van der Waals surface area contributed by atoms with Gasteiger partial charge in [0.1, 0.15) is 0 Å². The molecule has 0 aromatic heterocycles. The van der Waals surface area contributed by atoms with Crippen molar-refractivity contribution >= 4 is 18.1 Å². The van der Waals surface area contributed by atoms with E-state index in [-0.39, 0.29) is 12.4 Å². The first-order chi connectivity index (χ1) is 15.4. The Bertz CT molecular complexity index is 437. The van der Waals surface area contributed by atoms with Crippen molar-refractivity contribution in [3.63, 3.8) is 0 Å². The van der Waals surface area contributed by atoms with Crippen LogP contribution in [0, 0.1) is 0 Å². The molecule has 0 saturated heterocycles. The van der Waals surface area contributed by atoms with Crippen LogP contribution in [0.25, 0.3) is 0 Å². The van der Waals surface area contributed by atoms with E-state index in [1.165, 1.54) is 147 Å². The zero-order valence-electron chi connectivity index (χ0n) is 21.8. The van der Waals surface area contributed by atoms with Crippen molar-refractivity contribution in [2.75, 3.05) is 18.0 Å². The summed E-state index contributed by atoms with van der Waals surface area (Å²) >= 11 is 0. The number of rotatable bonds is 23. The summed E-state index contributed by atoms with van der Waals surface area (Å²) in [7, 11) is 0. The Labute approximate surface area is 208 Å². The van der Waals surface area contributed by atoms with E-state index in [0.717, 1.165) is 0 Å². The van der Waals surface area contributed by atoms with E-state index in [1.807, 2.05) is 0 Å². The van der Waals surface area contributed by atoms with Crippen LogP contribution in [0.2, 0.25) is 0 Å². The van der Waals surface area contributed by atoms with Gasteiger partial charge in [-0.25, -0.2) is 0 Å². The first-order valence-corrected chi connectivity index (χ1v) is 14.2. The molecule has 0 aliphatic rings. The third kappa shape index (κ3) is 18.8. The molecule has 0 spiro atoms. The molecule has 0 N–H and O–H groups in total. The second kappa shape index (κ2) is 24.9. The molecule has 0 heterocycles. The molecule has 1 rings (SSSR count). The van der Waals surface area contributed by atoms with Gasteiger partial charge in [-0.15, -0.1) is 12.4 Å². The van der Waals surface area contributed by atoms with Crippen LogP contribution in [0.4, 0.5) is 5.69 Å². The lowest BCUT2D eigenvalue weighted by Crippen LogP contribution is -2.25. The van der Waals surface area contributed by atoms with Crippen molar-refractivity contribution in [1.82, 2.24) is 0 Å². The van der Waals surface area contributed by atoms with E-state index in [2.05, 4.69) is 49.1 Å². The highest BCUT2D eigenvalue weighted by molar-refractivity contribution is 5.85. The van der Waals surface area contributed by atoms with E-state index in [9.17, 15) is 0 Å². The minimum Gasteiger partial charge on any atom is -0.372 e. The Balaban J connectivity index is 0.00000961. The molecule has 0 unspecified atom stereocenters. The Morgan fingerprint density at radius 3 is 1.09 bits per heavy atom. The summed E-state index contributed by atoms with van der Waals surface area (Å²) in [5.74, 6) is 0. The van der Waals surface area contributed by atoms with Gasteiger partial charge < -0.3 is 4.90 Å². The van der Waals surface area contributed by atoms with Crippen LogP contribution >= 0.6 is 12.4 Å². The Morgan fingerprint density at radius 2 is 0.750 bits per heavy atom. The normalized spacial score (nSPS) is 10.8. The minimum atomic E-state index is 0. The highest BCUT2D eigenvalue weighted by Crippen LogP contribution is 2.17. The SMILES string of the molecule is CCCCCCCCCCCCN(CCCCCCCCCCCC)c1ccccc1.Cl. The molecule has 0 radical (unpaired) electrons. The zero-order chi connectivity index (χ0) is 22.2. The summed E-state index contributed by atoms with van der Waals surface area (Å²) in [4.78, 5) is 2.65. The minimum absolute atomic E-state index is 0. The summed E-state index contributed by atoms with van der Waals surface area (Å²) in [5, 5.41) is 0. The number of halogens is 1. The van der Waals surface area contributed by atoms with Crippen LogP contribution in [-0.4, -0.2) is 13.1 Å². The van der Waals surface area contributed by atoms with Crippen LogP contribution < -0.4 is 4.90 Å². The summed E-state index contributed by atoms with van der Waals surface area (Å²) in [5.41, 5.74) is 1.43. The first kappa shape index (κ1) is 31.3. The Morgan fingerprint density at radius 1 is 0.438 bits per heavy atom. The van der Waals surface area contributed by atoms with Gasteiger partial charge in [0, 0.05) is 18.8 Å². The third-order valence-electron chi connectivity index (χ3n) is 6.68. The maximum absolute atomic E-state index is 2.65. The standard InChI is InChI=1S/C30H55N.ClH/c1-3-5-7-9-11-13-15-17-19-24-28-31(30-26-22-21-23-27-30)29-25-20-18-16-14-12-10-8-6-4-2;/h21-23,26-27H,3-20,24-25,28-29H2,1-2H3;1H. The molecular weight excluding hydrogens is 410 g/mol. The van der Waals surface area contributed by atoms with Crippen LogP contribution in [-0.2, 0) is 0 Å². The highest BCUT2D eigenvalue weighted by atomic mass is 35.5. The first-order valence-electron chi connectivity index (χ1n) is 14.2. The second-order valence-corrected chi connectivity index (χ2v) is 9.69. The molecule has 0 atom stereocenters. The molecule has 1 nitrogen and oxygen atoms in total. The van der Waals surface area contributed by atoms with Crippen LogP contribution in [0.1, 0.15) is 142 Å². The fourth-order valence-corrected chi connectivity index (χ4v) is 4.59. The van der Waals surface area contributed by atoms with E-state index in [0.29, 0.717) is 0 Å². The highest BCUT2D eigenvalue weighted by Gasteiger charge is 2.06. The van der Waals surface area contributed by atoms with E-state index in [1.54, 1.807) is 0 Å². The Hall–Kier alpha value is -0.690. The van der Waals surface area contributed by atoms with Crippen molar-refractivity contribution < 1.29 is 0 Å². The molecule has 0 aliphatic heterocycles. The summed E-state index contributed by atoms with van der Waals surface area (Å²) in [6.45, 7) is 7.07. The maximum Gasteiger partial charge on any atom is 0.0366 e. The number of benzene rings is 1. The fraction of sp³-hybridized carbons (Fsp3) is 0.800. The summed E-state index contributed by atoms with van der Waals surface area (Å²) in [6.07, 6.45) is 28.4.